The van der Waals surface area contributed by atoms with E-state index in [1.165, 1.54) is 40.3 Å². The van der Waals surface area contributed by atoms with Gasteiger partial charge < -0.3 is 33.7 Å². The van der Waals surface area contributed by atoms with Gasteiger partial charge in [-0.05, 0) is 25.0 Å². The zero-order valence-corrected chi connectivity index (χ0v) is 21.9. The molecular weight excluding hydrogens is 484 g/mol. The lowest BCUT2D eigenvalue weighted by Crippen LogP contribution is -2.44. The maximum atomic E-state index is 12.9. The van der Waals surface area contributed by atoms with E-state index in [2.05, 4.69) is 10.3 Å². The standard InChI is InChI=1S/C26H34N2O9/c1-16(2)23(37-19-10-8-7-9-11-19)21(33-6)14-34-26(31)17(3)28-25(30)22-24(36-15-35-18(4)29)20(32-5)12-13-27-22/h7-13,16-17,21,23H,14-15H2,1-6H3,(H,28,30)/t17?,21-,23-/m1/s1. The molecule has 11 nitrogen and oxygen atoms in total. The van der Waals surface area contributed by atoms with E-state index < -0.39 is 36.8 Å². The van der Waals surface area contributed by atoms with E-state index in [1.54, 1.807) is 0 Å². The van der Waals surface area contributed by atoms with Gasteiger partial charge in [0.05, 0.1) is 7.11 Å². The Morgan fingerprint density at radius 1 is 1.00 bits per heavy atom. The summed E-state index contributed by atoms with van der Waals surface area (Å²) in [4.78, 5) is 40.6. The molecule has 0 bridgehead atoms. The van der Waals surface area contributed by atoms with E-state index >= 15 is 0 Å². The zero-order valence-electron chi connectivity index (χ0n) is 21.9. The average molecular weight is 519 g/mol. The Balaban J connectivity index is 2.02. The van der Waals surface area contributed by atoms with Crippen molar-refractivity contribution in [2.75, 3.05) is 27.6 Å². The topological polar surface area (TPSA) is 132 Å². The molecule has 2 rings (SSSR count). The number of para-hydroxylation sites is 1. The Labute approximate surface area is 216 Å². The van der Waals surface area contributed by atoms with E-state index in [1.807, 2.05) is 44.2 Å². The van der Waals surface area contributed by atoms with Crippen LogP contribution in [-0.2, 0) is 23.8 Å². The number of rotatable bonds is 14. The van der Waals surface area contributed by atoms with Crippen LogP contribution in [0.25, 0.3) is 0 Å². The summed E-state index contributed by atoms with van der Waals surface area (Å²) in [5.41, 5.74) is -0.156. The summed E-state index contributed by atoms with van der Waals surface area (Å²) in [5, 5.41) is 2.53. The van der Waals surface area contributed by atoms with Crippen molar-refractivity contribution >= 4 is 17.8 Å². The number of carbonyl (C=O) groups is 3. The van der Waals surface area contributed by atoms with Crippen molar-refractivity contribution in [3.05, 3.63) is 48.3 Å². The van der Waals surface area contributed by atoms with Crippen LogP contribution in [0.2, 0.25) is 0 Å². The Bertz CT molecular complexity index is 1030. The molecule has 3 atom stereocenters. The monoisotopic (exact) mass is 518 g/mol. The van der Waals surface area contributed by atoms with Crippen molar-refractivity contribution in [3.8, 4) is 17.2 Å². The highest BCUT2D eigenvalue weighted by atomic mass is 16.7. The van der Waals surface area contributed by atoms with Gasteiger partial charge in [-0.2, -0.15) is 0 Å². The lowest BCUT2D eigenvalue weighted by molar-refractivity contribution is -0.152. The van der Waals surface area contributed by atoms with Gasteiger partial charge in [0.2, 0.25) is 6.79 Å². The number of carbonyl (C=O) groups excluding carboxylic acids is 3. The van der Waals surface area contributed by atoms with E-state index in [0.29, 0.717) is 5.75 Å². The van der Waals surface area contributed by atoms with Gasteiger partial charge in [-0.15, -0.1) is 0 Å². The van der Waals surface area contributed by atoms with Crippen molar-refractivity contribution in [2.24, 2.45) is 5.92 Å². The molecule has 0 aliphatic rings. The molecule has 0 aliphatic carbocycles. The van der Waals surface area contributed by atoms with Gasteiger partial charge in [-0.25, -0.2) is 9.78 Å². The lowest BCUT2D eigenvalue weighted by Gasteiger charge is -2.29. The van der Waals surface area contributed by atoms with Crippen molar-refractivity contribution < 1.29 is 42.8 Å². The summed E-state index contributed by atoms with van der Waals surface area (Å²) in [6.07, 6.45) is 0.411. The first-order valence-corrected chi connectivity index (χ1v) is 11.7. The minimum atomic E-state index is -1.02. The highest BCUT2D eigenvalue weighted by Gasteiger charge is 2.30. The highest BCUT2D eigenvalue weighted by molar-refractivity contribution is 5.98. The molecule has 0 saturated heterocycles. The molecule has 0 radical (unpaired) electrons. The number of nitrogens with one attached hydrogen (secondary N) is 1. The minimum Gasteiger partial charge on any atom is -0.493 e. The van der Waals surface area contributed by atoms with Gasteiger partial charge in [-0.3, -0.25) is 9.59 Å². The Morgan fingerprint density at radius 2 is 1.70 bits per heavy atom. The molecule has 1 N–H and O–H groups in total. The van der Waals surface area contributed by atoms with Gasteiger partial charge in [0.1, 0.15) is 30.6 Å². The van der Waals surface area contributed by atoms with E-state index in [9.17, 15) is 14.4 Å². The molecule has 37 heavy (non-hydrogen) atoms. The van der Waals surface area contributed by atoms with Gasteiger partial charge in [0.15, 0.2) is 17.2 Å². The second-order valence-electron chi connectivity index (χ2n) is 8.33. The van der Waals surface area contributed by atoms with Crippen LogP contribution in [-0.4, -0.2) is 68.7 Å². The number of methoxy groups -OCH3 is 2. The molecule has 0 saturated carbocycles. The van der Waals surface area contributed by atoms with Crippen molar-refractivity contribution in [1.82, 2.24) is 10.3 Å². The summed E-state index contributed by atoms with van der Waals surface area (Å²) in [6.45, 7) is 6.12. The number of hydrogen-bond acceptors (Lipinski definition) is 10. The average Bonchev–Trinajstić information content (AvgIpc) is 2.88. The molecular formula is C26H34N2O9. The van der Waals surface area contributed by atoms with E-state index in [-0.39, 0.29) is 35.8 Å². The van der Waals surface area contributed by atoms with E-state index in [0.717, 1.165) is 0 Å². The van der Waals surface area contributed by atoms with Crippen molar-refractivity contribution in [3.63, 3.8) is 0 Å². The largest absolute Gasteiger partial charge is 0.493 e. The molecule has 0 aliphatic heterocycles. The zero-order chi connectivity index (χ0) is 27.4. The summed E-state index contributed by atoms with van der Waals surface area (Å²) >= 11 is 0. The Morgan fingerprint density at radius 3 is 2.30 bits per heavy atom. The summed E-state index contributed by atoms with van der Waals surface area (Å²) < 4.78 is 32.4. The van der Waals surface area contributed by atoms with Crippen LogP contribution >= 0.6 is 0 Å². The number of aromatic nitrogens is 1. The first-order valence-electron chi connectivity index (χ1n) is 11.7. The van der Waals surface area contributed by atoms with E-state index in [4.69, 9.17) is 28.4 Å². The summed E-state index contributed by atoms with van der Waals surface area (Å²) in [6, 6.07) is 9.74. The fourth-order valence-corrected chi connectivity index (χ4v) is 3.27. The molecule has 1 amide bonds. The first kappa shape index (κ1) is 29.4. The highest BCUT2D eigenvalue weighted by Crippen LogP contribution is 2.29. The number of amides is 1. The number of nitrogens with zero attached hydrogens (tertiary/aromatic N) is 1. The summed E-state index contributed by atoms with van der Waals surface area (Å²) in [7, 11) is 2.90. The summed E-state index contributed by atoms with van der Waals surface area (Å²) in [5.74, 6) is -1.06. The molecule has 0 spiro atoms. The third kappa shape index (κ3) is 8.94. The molecule has 0 fully saturated rings. The third-order valence-corrected chi connectivity index (χ3v) is 5.20. The Hall–Kier alpha value is -3.86. The molecule has 1 heterocycles. The number of esters is 2. The molecule has 202 valence electrons. The molecule has 2 aromatic rings. The second-order valence-corrected chi connectivity index (χ2v) is 8.33. The van der Waals surface area contributed by atoms with Crippen LogP contribution in [0, 0.1) is 5.92 Å². The molecule has 1 aromatic carbocycles. The normalized spacial score (nSPS) is 13.2. The maximum Gasteiger partial charge on any atom is 0.328 e. The maximum absolute atomic E-state index is 12.9. The van der Waals surface area contributed by atoms with Gasteiger partial charge in [-0.1, -0.05) is 32.0 Å². The lowest BCUT2D eigenvalue weighted by atomic mass is 10.0. The van der Waals surface area contributed by atoms with Crippen LogP contribution in [0.5, 0.6) is 17.2 Å². The smallest absolute Gasteiger partial charge is 0.328 e. The second kappa shape index (κ2) is 14.6. The molecule has 11 heteroatoms. The van der Waals surface area contributed by atoms with Crippen molar-refractivity contribution in [1.29, 1.82) is 0 Å². The van der Waals surface area contributed by atoms with Crippen molar-refractivity contribution in [2.45, 2.75) is 45.9 Å². The predicted molar refractivity (Wildman–Crippen MR) is 132 cm³/mol. The van der Waals surface area contributed by atoms with Gasteiger partial charge >= 0.3 is 11.9 Å². The number of pyridine rings is 1. The predicted octanol–water partition coefficient (Wildman–Crippen LogP) is 2.77. The van der Waals surface area contributed by atoms with Gasteiger partial charge in [0, 0.05) is 26.3 Å². The Kier molecular flexibility index (Phi) is 11.6. The van der Waals surface area contributed by atoms with Crippen LogP contribution in [0.4, 0.5) is 0 Å². The van der Waals surface area contributed by atoms with Crippen LogP contribution in [0.3, 0.4) is 0 Å². The number of ether oxygens (including phenoxy) is 6. The van der Waals surface area contributed by atoms with Crippen LogP contribution in [0.1, 0.15) is 38.2 Å². The fraction of sp³-hybridized carbons (Fsp3) is 0.462. The number of hydrogen-bond donors (Lipinski definition) is 1. The number of benzene rings is 1. The van der Waals surface area contributed by atoms with Gasteiger partial charge in [0.25, 0.3) is 5.91 Å². The molecule has 1 unspecified atom stereocenters. The quantitative estimate of drug-likeness (QED) is 0.294. The van der Waals surface area contributed by atoms with Crippen LogP contribution in [0.15, 0.2) is 42.6 Å². The van der Waals surface area contributed by atoms with Crippen LogP contribution < -0.4 is 19.5 Å². The minimum absolute atomic E-state index is 0.0402. The first-order chi connectivity index (χ1) is 17.7. The SMILES string of the molecule is COc1ccnc(C(=O)NC(C)C(=O)OC[C@@H](OC)[C@H](Oc2ccccc2)C(C)C)c1OCOC(C)=O. The fourth-order valence-electron chi connectivity index (χ4n) is 3.27. The third-order valence-electron chi connectivity index (χ3n) is 5.20. The molecule has 1 aromatic heterocycles.